The number of aromatic nitrogens is 2. The highest BCUT2D eigenvalue weighted by molar-refractivity contribution is 6.17. The summed E-state index contributed by atoms with van der Waals surface area (Å²) in [6.45, 7) is 2.43. The van der Waals surface area contributed by atoms with E-state index in [0.29, 0.717) is 31.0 Å². The Morgan fingerprint density at radius 3 is 2.79 bits per heavy atom. The monoisotopic (exact) mass is 282 g/mol. The number of hydrogen-bond acceptors (Lipinski definition) is 3. The maximum atomic E-state index is 12.2. The van der Waals surface area contributed by atoms with Gasteiger partial charge in [0.05, 0.1) is 19.1 Å². The lowest BCUT2D eigenvalue weighted by Crippen LogP contribution is -2.40. The van der Waals surface area contributed by atoms with Gasteiger partial charge in [-0.1, -0.05) is 0 Å². The number of furan rings is 1. The van der Waals surface area contributed by atoms with Gasteiger partial charge >= 0.3 is 5.69 Å². The molecular weight excluding hydrogens is 268 g/mol. The van der Waals surface area contributed by atoms with Crippen molar-refractivity contribution in [3.05, 3.63) is 56.8 Å². The molecular formula is C13H15ClN2O3. The normalized spacial score (nSPS) is 10.8. The Balaban J connectivity index is 2.42. The minimum absolute atomic E-state index is 0.251. The van der Waals surface area contributed by atoms with E-state index < -0.39 is 0 Å². The van der Waals surface area contributed by atoms with E-state index in [1.807, 2.05) is 0 Å². The van der Waals surface area contributed by atoms with Crippen LogP contribution in [0.25, 0.3) is 0 Å². The van der Waals surface area contributed by atoms with Gasteiger partial charge in [-0.25, -0.2) is 4.79 Å². The minimum atomic E-state index is -0.318. The van der Waals surface area contributed by atoms with E-state index in [0.717, 1.165) is 5.56 Å². The lowest BCUT2D eigenvalue weighted by Gasteiger charge is -2.10. The van der Waals surface area contributed by atoms with Gasteiger partial charge in [0.1, 0.15) is 0 Å². The van der Waals surface area contributed by atoms with Crippen LogP contribution in [0.5, 0.6) is 0 Å². The maximum Gasteiger partial charge on any atom is 0.331 e. The number of rotatable bonds is 5. The SMILES string of the molecule is Cc1cn(Cc2ccoc2)c(=O)n(CCCCl)c1=O. The molecule has 0 aliphatic rings. The summed E-state index contributed by atoms with van der Waals surface area (Å²) < 4.78 is 7.72. The first kappa shape index (κ1) is 13.7. The minimum Gasteiger partial charge on any atom is -0.472 e. The molecule has 0 N–H and O–H groups in total. The van der Waals surface area contributed by atoms with Crippen molar-refractivity contribution in [2.75, 3.05) is 5.88 Å². The molecule has 0 bridgehead atoms. The molecule has 6 heteroatoms. The third-order valence-electron chi connectivity index (χ3n) is 2.86. The number of aryl methyl sites for hydroxylation is 1. The molecule has 0 saturated heterocycles. The van der Waals surface area contributed by atoms with Gasteiger partial charge in [0.15, 0.2) is 0 Å². The molecule has 2 aromatic heterocycles. The fourth-order valence-corrected chi connectivity index (χ4v) is 2.03. The first-order valence-corrected chi connectivity index (χ1v) is 6.55. The predicted molar refractivity (Wildman–Crippen MR) is 72.8 cm³/mol. The quantitative estimate of drug-likeness (QED) is 0.783. The summed E-state index contributed by atoms with van der Waals surface area (Å²) in [5.41, 5.74) is 0.849. The molecule has 0 aromatic carbocycles. The molecule has 0 spiro atoms. The second kappa shape index (κ2) is 5.93. The highest BCUT2D eigenvalue weighted by Gasteiger charge is 2.09. The van der Waals surface area contributed by atoms with Crippen LogP contribution in [0, 0.1) is 6.92 Å². The summed E-state index contributed by atoms with van der Waals surface area (Å²) >= 11 is 5.61. The summed E-state index contributed by atoms with van der Waals surface area (Å²) in [6.07, 6.45) is 5.30. The summed E-state index contributed by atoms with van der Waals surface area (Å²) in [7, 11) is 0. The molecule has 0 aliphatic heterocycles. The summed E-state index contributed by atoms with van der Waals surface area (Å²) in [5, 5.41) is 0. The maximum absolute atomic E-state index is 12.2. The third-order valence-corrected chi connectivity index (χ3v) is 3.12. The zero-order valence-electron chi connectivity index (χ0n) is 10.6. The van der Waals surface area contributed by atoms with E-state index in [4.69, 9.17) is 16.0 Å². The lowest BCUT2D eigenvalue weighted by atomic mass is 10.3. The van der Waals surface area contributed by atoms with Gasteiger partial charge in [-0.05, 0) is 19.4 Å². The van der Waals surface area contributed by atoms with Crippen LogP contribution >= 0.6 is 11.6 Å². The van der Waals surface area contributed by atoms with Crippen LogP contribution in [0.3, 0.4) is 0 Å². The largest absolute Gasteiger partial charge is 0.472 e. The van der Waals surface area contributed by atoms with Gasteiger partial charge in [-0.2, -0.15) is 0 Å². The molecule has 102 valence electrons. The molecule has 2 rings (SSSR count). The van der Waals surface area contributed by atoms with Crippen LogP contribution in [-0.2, 0) is 13.1 Å². The molecule has 19 heavy (non-hydrogen) atoms. The van der Waals surface area contributed by atoms with Crippen molar-refractivity contribution >= 4 is 11.6 Å². The molecule has 0 amide bonds. The van der Waals surface area contributed by atoms with Crippen molar-refractivity contribution in [2.45, 2.75) is 26.4 Å². The van der Waals surface area contributed by atoms with E-state index in [1.54, 1.807) is 31.7 Å². The molecule has 2 aromatic rings. The van der Waals surface area contributed by atoms with Crippen LogP contribution in [0.1, 0.15) is 17.5 Å². The first-order valence-electron chi connectivity index (χ1n) is 6.01. The van der Waals surface area contributed by atoms with E-state index in [-0.39, 0.29) is 11.2 Å². The topological polar surface area (TPSA) is 57.1 Å². The predicted octanol–water partition coefficient (Wildman–Crippen LogP) is 1.59. The third kappa shape index (κ3) is 2.98. The Kier molecular flexibility index (Phi) is 4.27. The Labute approximate surface area is 115 Å². The fraction of sp³-hybridized carbons (Fsp3) is 0.385. The molecule has 0 fully saturated rings. The summed E-state index contributed by atoms with van der Waals surface area (Å²) in [4.78, 5) is 24.2. The van der Waals surface area contributed by atoms with Crippen molar-refractivity contribution in [1.82, 2.24) is 9.13 Å². The van der Waals surface area contributed by atoms with E-state index in [9.17, 15) is 9.59 Å². The van der Waals surface area contributed by atoms with E-state index >= 15 is 0 Å². The number of alkyl halides is 1. The molecule has 0 saturated carbocycles. The smallest absolute Gasteiger partial charge is 0.331 e. The van der Waals surface area contributed by atoms with Crippen LogP contribution < -0.4 is 11.2 Å². The van der Waals surface area contributed by atoms with Crippen molar-refractivity contribution in [2.24, 2.45) is 0 Å². The van der Waals surface area contributed by atoms with Crippen molar-refractivity contribution in [1.29, 1.82) is 0 Å². The zero-order valence-corrected chi connectivity index (χ0v) is 11.4. The average molecular weight is 283 g/mol. The highest BCUT2D eigenvalue weighted by Crippen LogP contribution is 2.02. The molecule has 2 heterocycles. The zero-order chi connectivity index (χ0) is 13.8. The van der Waals surface area contributed by atoms with Gasteiger partial charge in [-0.3, -0.25) is 13.9 Å². The Bertz CT molecular complexity index is 656. The van der Waals surface area contributed by atoms with Crippen LogP contribution in [0.15, 0.2) is 38.8 Å². The van der Waals surface area contributed by atoms with Crippen LogP contribution in [0.2, 0.25) is 0 Å². The number of hydrogen-bond donors (Lipinski definition) is 0. The second-order valence-electron chi connectivity index (χ2n) is 4.35. The summed E-state index contributed by atoms with van der Waals surface area (Å²) in [6, 6.07) is 1.79. The van der Waals surface area contributed by atoms with Crippen molar-refractivity contribution < 1.29 is 4.42 Å². The molecule has 0 aliphatic carbocycles. The summed E-state index contributed by atoms with van der Waals surface area (Å²) in [5.74, 6) is 0.418. The Morgan fingerprint density at radius 1 is 1.37 bits per heavy atom. The van der Waals surface area contributed by atoms with Crippen LogP contribution in [-0.4, -0.2) is 15.0 Å². The first-order chi connectivity index (χ1) is 9.13. The van der Waals surface area contributed by atoms with Gasteiger partial charge < -0.3 is 4.42 Å². The van der Waals surface area contributed by atoms with Crippen LogP contribution in [0.4, 0.5) is 0 Å². The van der Waals surface area contributed by atoms with E-state index in [2.05, 4.69) is 0 Å². The molecule has 0 unspecified atom stereocenters. The van der Waals surface area contributed by atoms with Crippen molar-refractivity contribution in [3.8, 4) is 0 Å². The number of nitrogens with zero attached hydrogens (tertiary/aromatic N) is 2. The lowest BCUT2D eigenvalue weighted by molar-refractivity contribution is 0.548. The Morgan fingerprint density at radius 2 is 2.16 bits per heavy atom. The fourth-order valence-electron chi connectivity index (χ4n) is 1.91. The van der Waals surface area contributed by atoms with Crippen molar-refractivity contribution in [3.63, 3.8) is 0 Å². The average Bonchev–Trinajstić information content (AvgIpc) is 2.89. The number of halogens is 1. The van der Waals surface area contributed by atoms with Gasteiger partial charge in [0.2, 0.25) is 0 Å². The molecule has 0 radical (unpaired) electrons. The van der Waals surface area contributed by atoms with E-state index in [1.165, 1.54) is 9.13 Å². The molecule has 5 nitrogen and oxygen atoms in total. The van der Waals surface area contributed by atoms with Gasteiger partial charge in [0, 0.05) is 29.7 Å². The van der Waals surface area contributed by atoms with Gasteiger partial charge in [0.25, 0.3) is 5.56 Å². The standard InChI is InChI=1S/C13H15ClN2O3/c1-10-7-15(8-11-3-6-19-9-11)13(18)16(12(10)17)5-2-4-14/h3,6-7,9H,2,4-5,8H2,1H3. The second-order valence-corrected chi connectivity index (χ2v) is 4.73. The highest BCUT2D eigenvalue weighted by atomic mass is 35.5. The van der Waals surface area contributed by atoms with Gasteiger partial charge in [-0.15, -0.1) is 11.6 Å². The molecule has 0 atom stereocenters. The Hall–Kier alpha value is -1.75.